The minimum atomic E-state index is -0.286. The summed E-state index contributed by atoms with van der Waals surface area (Å²) in [7, 11) is 1.43. The Bertz CT molecular complexity index is 1130. The van der Waals surface area contributed by atoms with Crippen LogP contribution in [0.5, 0.6) is 0 Å². The lowest BCUT2D eigenvalue weighted by molar-refractivity contribution is -0.167. The van der Waals surface area contributed by atoms with Crippen LogP contribution in [-0.4, -0.2) is 37.4 Å². The van der Waals surface area contributed by atoms with Crippen molar-refractivity contribution >= 4 is 11.9 Å². The Morgan fingerprint density at radius 1 is 1.05 bits per heavy atom. The van der Waals surface area contributed by atoms with Crippen molar-refractivity contribution < 1.29 is 23.8 Å². The minimum Gasteiger partial charge on any atom is -0.466 e. The smallest absolute Gasteiger partial charge is 0.333 e. The Labute approximate surface area is 229 Å². The highest BCUT2D eigenvalue weighted by Gasteiger charge is 2.64. The highest BCUT2D eigenvalue weighted by Crippen LogP contribution is 2.70. The first-order chi connectivity index (χ1) is 17.7. The van der Waals surface area contributed by atoms with E-state index in [0.717, 1.165) is 44.9 Å². The third-order valence-corrected chi connectivity index (χ3v) is 12.2. The number of carbonyl (C=O) groups excluding carboxylic acids is 2. The monoisotopic (exact) mass is 524 g/mol. The summed E-state index contributed by atoms with van der Waals surface area (Å²) in [6, 6.07) is 0. The number of ether oxygens (including phenoxy) is 3. The Kier molecular flexibility index (Phi) is 6.61. The largest absolute Gasteiger partial charge is 0.466 e. The van der Waals surface area contributed by atoms with Crippen molar-refractivity contribution in [3.63, 3.8) is 0 Å². The molecule has 0 spiro atoms. The van der Waals surface area contributed by atoms with Crippen LogP contribution in [0.25, 0.3) is 0 Å². The van der Waals surface area contributed by atoms with E-state index in [9.17, 15) is 9.59 Å². The zero-order chi connectivity index (χ0) is 27.8. The molecule has 0 aromatic carbocycles. The van der Waals surface area contributed by atoms with Gasteiger partial charge in [0.1, 0.15) is 6.10 Å². The van der Waals surface area contributed by atoms with Crippen LogP contribution in [0.2, 0.25) is 0 Å². The van der Waals surface area contributed by atoms with E-state index in [4.69, 9.17) is 14.2 Å². The summed E-state index contributed by atoms with van der Waals surface area (Å²) in [5.74, 6) is 0.513. The summed E-state index contributed by atoms with van der Waals surface area (Å²) in [6.07, 6.45) is 11.8. The third kappa shape index (κ3) is 3.73. The molecule has 1 saturated carbocycles. The maximum atomic E-state index is 12.0. The number of rotatable bonds is 3. The van der Waals surface area contributed by atoms with Gasteiger partial charge in [0.05, 0.1) is 19.3 Å². The molecule has 0 aromatic rings. The predicted molar refractivity (Wildman–Crippen MR) is 148 cm³/mol. The quantitative estimate of drug-likeness (QED) is 0.291. The molecule has 1 saturated heterocycles. The Hall–Kier alpha value is -1.88. The first kappa shape index (κ1) is 27.7. The molecule has 5 rings (SSSR count). The van der Waals surface area contributed by atoms with Gasteiger partial charge >= 0.3 is 11.9 Å². The van der Waals surface area contributed by atoms with Gasteiger partial charge in [-0.15, -0.1) is 0 Å². The molecule has 0 amide bonds. The number of carbonyl (C=O) groups is 2. The van der Waals surface area contributed by atoms with Gasteiger partial charge in [0.25, 0.3) is 0 Å². The molecule has 5 nitrogen and oxygen atoms in total. The van der Waals surface area contributed by atoms with Gasteiger partial charge in [-0.05, 0) is 86.3 Å². The van der Waals surface area contributed by atoms with Crippen LogP contribution in [0.3, 0.4) is 0 Å². The number of hydrogen-bond donors (Lipinski definition) is 0. The second-order valence-electron chi connectivity index (χ2n) is 14.2. The van der Waals surface area contributed by atoms with E-state index in [1.54, 1.807) is 18.1 Å². The second kappa shape index (κ2) is 9.08. The fourth-order valence-corrected chi connectivity index (χ4v) is 9.79. The van der Waals surface area contributed by atoms with Crippen molar-refractivity contribution in [1.29, 1.82) is 0 Å². The molecular weight excluding hydrogens is 476 g/mol. The first-order valence-corrected chi connectivity index (χ1v) is 14.7. The molecule has 1 heterocycles. The summed E-state index contributed by atoms with van der Waals surface area (Å²) in [5, 5.41) is 0. The first-order valence-electron chi connectivity index (χ1n) is 14.7. The number of methoxy groups -OCH3 is 1. The molecule has 4 aliphatic carbocycles. The fraction of sp³-hybridized carbons (Fsp3) is 0.758. The van der Waals surface area contributed by atoms with E-state index in [1.165, 1.54) is 12.7 Å². The maximum Gasteiger partial charge on any atom is 0.333 e. The molecule has 8 atom stereocenters. The van der Waals surface area contributed by atoms with E-state index >= 15 is 0 Å². The van der Waals surface area contributed by atoms with Gasteiger partial charge in [0.15, 0.2) is 0 Å². The Morgan fingerprint density at radius 2 is 1.76 bits per heavy atom. The van der Waals surface area contributed by atoms with Crippen molar-refractivity contribution in [2.24, 2.45) is 33.5 Å². The highest BCUT2D eigenvalue weighted by atomic mass is 16.5. The summed E-state index contributed by atoms with van der Waals surface area (Å²) >= 11 is 0. The second-order valence-corrected chi connectivity index (χ2v) is 14.2. The summed E-state index contributed by atoms with van der Waals surface area (Å²) < 4.78 is 17.6. The van der Waals surface area contributed by atoms with Crippen molar-refractivity contribution in [1.82, 2.24) is 0 Å². The number of esters is 2. The van der Waals surface area contributed by atoms with Gasteiger partial charge in [0, 0.05) is 28.7 Å². The lowest BCUT2D eigenvalue weighted by Gasteiger charge is -2.61. The van der Waals surface area contributed by atoms with Gasteiger partial charge in [0.2, 0.25) is 0 Å². The van der Waals surface area contributed by atoms with Crippen LogP contribution in [0, 0.1) is 33.5 Å². The lowest BCUT2D eigenvalue weighted by Crippen LogP contribution is -2.56. The van der Waals surface area contributed by atoms with Gasteiger partial charge in [-0.1, -0.05) is 53.2 Å². The number of hydrogen-bond acceptors (Lipinski definition) is 5. The molecule has 0 aromatic heterocycles. The molecule has 0 N–H and O–H groups in total. The molecule has 2 fully saturated rings. The minimum absolute atomic E-state index is 0.00533. The summed E-state index contributed by atoms with van der Waals surface area (Å²) in [4.78, 5) is 23.9. The van der Waals surface area contributed by atoms with Crippen LogP contribution >= 0.6 is 0 Å². The van der Waals surface area contributed by atoms with Gasteiger partial charge in [-0.2, -0.15) is 0 Å². The highest BCUT2D eigenvalue weighted by molar-refractivity contribution is 5.87. The van der Waals surface area contributed by atoms with E-state index in [1.807, 2.05) is 13.0 Å². The zero-order valence-electron chi connectivity index (χ0n) is 25.0. The molecule has 0 bridgehead atoms. The lowest BCUT2D eigenvalue weighted by atomic mass is 9.45. The molecule has 210 valence electrons. The van der Waals surface area contributed by atoms with Crippen LogP contribution < -0.4 is 0 Å². The Morgan fingerprint density at radius 3 is 2.42 bits per heavy atom. The van der Waals surface area contributed by atoms with Crippen molar-refractivity contribution in [2.75, 3.05) is 7.11 Å². The molecule has 0 unspecified atom stereocenters. The van der Waals surface area contributed by atoms with E-state index in [0.29, 0.717) is 17.4 Å². The topological polar surface area (TPSA) is 61.8 Å². The zero-order valence-corrected chi connectivity index (χ0v) is 25.0. The van der Waals surface area contributed by atoms with Crippen LogP contribution in [0.4, 0.5) is 0 Å². The van der Waals surface area contributed by atoms with E-state index < -0.39 is 0 Å². The fourth-order valence-electron chi connectivity index (χ4n) is 9.79. The van der Waals surface area contributed by atoms with Gasteiger partial charge in [-0.25, -0.2) is 4.79 Å². The van der Waals surface area contributed by atoms with Crippen LogP contribution in [-0.2, 0) is 23.8 Å². The molecule has 1 aliphatic heterocycles. The number of allylic oxidation sites excluding steroid dienone is 3. The van der Waals surface area contributed by atoms with Crippen LogP contribution in [0.15, 0.2) is 34.4 Å². The SMILES string of the molecule is COC(=O)/C(C)=C/[C@H]1C[C@@H](C)[C@]2(C)[C@@H](C=C3C4=C(CC[C@]32C)[C@@]2(C)CC[C@@H](OC(C)=O)C(C)(C)[C@@H]2CC4)O1. The third-order valence-electron chi connectivity index (χ3n) is 12.2. The van der Waals surface area contributed by atoms with Crippen molar-refractivity contribution in [3.05, 3.63) is 34.4 Å². The average molecular weight is 525 g/mol. The van der Waals surface area contributed by atoms with E-state index in [2.05, 4.69) is 47.6 Å². The molecule has 5 heteroatoms. The average Bonchev–Trinajstić information content (AvgIpc) is 3.08. The van der Waals surface area contributed by atoms with Gasteiger partial charge in [-0.3, -0.25) is 4.79 Å². The molecule has 38 heavy (non-hydrogen) atoms. The normalized spacial score (nSPS) is 43.8. The Balaban J connectivity index is 1.50. The van der Waals surface area contributed by atoms with E-state index in [-0.39, 0.29) is 51.9 Å². The van der Waals surface area contributed by atoms with Gasteiger partial charge < -0.3 is 14.2 Å². The van der Waals surface area contributed by atoms with Crippen LogP contribution in [0.1, 0.15) is 100 Å². The number of fused-ring (bicyclic) bond motifs is 6. The van der Waals surface area contributed by atoms with Crippen molar-refractivity contribution in [2.45, 2.75) is 119 Å². The maximum absolute atomic E-state index is 12.0. The predicted octanol–water partition coefficient (Wildman–Crippen LogP) is 7.11. The van der Waals surface area contributed by atoms with Crippen molar-refractivity contribution in [3.8, 4) is 0 Å². The standard InChI is InChI=1S/C33H48O5/c1-19(29(35)36-9)16-22-17-20(2)33(8)28(38-22)18-25-23-10-11-26-30(4,5)27(37-21(3)34)13-14-31(26,6)24(23)12-15-32(25,33)7/h16,18,20,22,26-28H,10-15,17H2,1-9H3/b19-16+/t20-,22+,26+,27-,28-,31-,32-,33-/m1/s1. The molecule has 5 aliphatic rings. The summed E-state index contributed by atoms with van der Waals surface area (Å²) in [5.41, 5.74) is 5.61. The summed E-state index contributed by atoms with van der Waals surface area (Å²) in [6.45, 7) is 17.8. The molecular formula is C33H48O5. The molecule has 0 radical (unpaired) electrons.